The van der Waals surface area contributed by atoms with E-state index in [0.29, 0.717) is 24.2 Å². The Morgan fingerprint density at radius 3 is 2.42 bits per heavy atom. The Kier molecular flexibility index (Phi) is 4.77. The molecule has 12 atom stereocenters. The molecule has 1 aromatic carbocycles. The second-order valence-corrected chi connectivity index (χ2v) is 14.2. The summed E-state index contributed by atoms with van der Waals surface area (Å²) >= 11 is 0. The second kappa shape index (κ2) is 7.38. The van der Waals surface area contributed by atoms with Crippen LogP contribution in [-0.2, 0) is 25.5 Å². The van der Waals surface area contributed by atoms with Crippen LogP contribution < -0.4 is 10.1 Å². The van der Waals surface area contributed by atoms with Gasteiger partial charge in [0.2, 0.25) is 11.8 Å². The Morgan fingerprint density at radius 2 is 1.74 bits per heavy atom. The summed E-state index contributed by atoms with van der Waals surface area (Å²) in [6.45, 7) is 15.6. The predicted octanol–water partition coefficient (Wildman–Crippen LogP) is 4.51. The van der Waals surface area contributed by atoms with Crippen LogP contribution in [0.5, 0.6) is 5.75 Å². The van der Waals surface area contributed by atoms with E-state index in [9.17, 15) is 14.4 Å². The summed E-state index contributed by atoms with van der Waals surface area (Å²) in [5, 5.41) is 2.49. The third-order valence-electron chi connectivity index (χ3n) is 11.9. The number of hydrogen-bond acceptors (Lipinski definition) is 5. The van der Waals surface area contributed by atoms with Gasteiger partial charge in [0.15, 0.2) is 5.78 Å². The van der Waals surface area contributed by atoms with Crippen molar-refractivity contribution in [3.8, 4) is 5.75 Å². The number of ketones is 1. The molecule has 4 aliphatic heterocycles. The van der Waals surface area contributed by atoms with Crippen molar-refractivity contribution in [3.05, 3.63) is 42.5 Å². The molecule has 11 unspecified atom stereocenters. The zero-order chi connectivity index (χ0) is 27.0. The molecule has 4 heterocycles. The fourth-order valence-electron chi connectivity index (χ4n) is 10.9. The number of fused-ring (bicyclic) bond motifs is 6. The standard InChI is InChI=1S/C32H39NO5/c1-7-29(4)24-23(34)22-20(25(35)33-26(22)36)13-18-8-10-19(11-9-18)37-32(24)15-21-17(3)12-16(2)14-30(21,5)27(32)31(6)28(29)38-31/h7-11,16-17,20-22,24,27-28H,1,12-15H2,2-6H3,(H,33,35,36)/t16?,17?,20?,21?,22?,24-,27?,28?,29?,30?,31?,32?/m0/s1. The molecule has 1 aromatic rings. The number of amides is 2. The van der Waals surface area contributed by atoms with E-state index in [1.165, 1.54) is 0 Å². The Labute approximate surface area is 224 Å². The SMILES string of the molecule is C=CC1(C)C2OC2(C)C2C3(C)CC(C)CC(C)C3CC23Oc2ccc(cc2)CC2C(=O)NC(=O)C2C(=O)[C@@H]13. The van der Waals surface area contributed by atoms with Crippen molar-refractivity contribution in [1.29, 1.82) is 0 Å². The summed E-state index contributed by atoms with van der Waals surface area (Å²) in [6, 6.07) is 7.89. The predicted molar refractivity (Wildman–Crippen MR) is 141 cm³/mol. The number of carbonyl (C=O) groups is 3. The number of nitrogens with one attached hydrogen (secondary N) is 1. The molecule has 1 N–H and O–H groups in total. The number of carbonyl (C=O) groups excluding carboxylic acids is 3. The molecule has 6 nitrogen and oxygen atoms in total. The van der Waals surface area contributed by atoms with Crippen LogP contribution in [0.3, 0.4) is 0 Å². The fraction of sp³-hybridized carbons (Fsp3) is 0.656. The van der Waals surface area contributed by atoms with Gasteiger partial charge in [-0.25, -0.2) is 0 Å². The maximum absolute atomic E-state index is 15.0. The van der Waals surface area contributed by atoms with E-state index in [4.69, 9.17) is 9.47 Å². The topological polar surface area (TPSA) is 85.0 Å². The first kappa shape index (κ1) is 24.6. The van der Waals surface area contributed by atoms with Crippen molar-refractivity contribution < 1.29 is 23.9 Å². The molecule has 0 aromatic heterocycles. The van der Waals surface area contributed by atoms with Gasteiger partial charge in [-0.2, -0.15) is 0 Å². The maximum atomic E-state index is 15.0. The molecule has 3 aliphatic carbocycles. The highest BCUT2D eigenvalue weighted by Gasteiger charge is 2.85. The monoisotopic (exact) mass is 517 g/mol. The van der Waals surface area contributed by atoms with E-state index in [1.807, 2.05) is 30.3 Å². The van der Waals surface area contributed by atoms with Crippen LogP contribution in [0.4, 0.5) is 0 Å². The van der Waals surface area contributed by atoms with E-state index in [1.54, 1.807) is 0 Å². The van der Waals surface area contributed by atoms with Gasteiger partial charge in [-0.1, -0.05) is 45.9 Å². The van der Waals surface area contributed by atoms with E-state index in [2.05, 4.69) is 46.5 Å². The average molecular weight is 518 g/mol. The summed E-state index contributed by atoms with van der Waals surface area (Å²) in [5.74, 6) is -1.37. The normalized spacial score (nSPS) is 52.4. The summed E-state index contributed by atoms with van der Waals surface area (Å²) in [5.41, 5.74) is -1.27. The first-order valence-electron chi connectivity index (χ1n) is 14.4. The summed E-state index contributed by atoms with van der Waals surface area (Å²) in [4.78, 5) is 41.3. The summed E-state index contributed by atoms with van der Waals surface area (Å²) in [7, 11) is 0. The van der Waals surface area contributed by atoms with Crippen LogP contribution in [0.15, 0.2) is 36.9 Å². The van der Waals surface area contributed by atoms with E-state index in [0.717, 1.165) is 30.6 Å². The lowest BCUT2D eigenvalue weighted by atomic mass is 9.48. The average Bonchev–Trinajstić information content (AvgIpc) is 3.36. The second-order valence-electron chi connectivity index (χ2n) is 14.2. The molecule has 8 rings (SSSR count). The molecule has 2 bridgehead atoms. The van der Waals surface area contributed by atoms with Gasteiger partial charge in [0.05, 0.1) is 17.9 Å². The van der Waals surface area contributed by atoms with Gasteiger partial charge >= 0.3 is 0 Å². The molecule has 38 heavy (non-hydrogen) atoms. The molecular weight excluding hydrogens is 478 g/mol. The van der Waals surface area contributed by atoms with Crippen LogP contribution in [-0.4, -0.2) is 34.9 Å². The van der Waals surface area contributed by atoms with Gasteiger partial charge in [-0.15, -0.1) is 6.58 Å². The molecule has 7 aliphatic rings. The van der Waals surface area contributed by atoms with E-state index < -0.39 is 40.3 Å². The number of imide groups is 1. The number of hydrogen-bond donors (Lipinski definition) is 1. The number of benzene rings is 1. The highest BCUT2D eigenvalue weighted by Crippen LogP contribution is 2.77. The summed E-state index contributed by atoms with van der Waals surface area (Å²) in [6.07, 6.45) is 4.94. The van der Waals surface area contributed by atoms with Crippen molar-refractivity contribution >= 4 is 17.6 Å². The van der Waals surface area contributed by atoms with E-state index in [-0.39, 0.29) is 29.1 Å². The smallest absolute Gasteiger partial charge is 0.237 e. The van der Waals surface area contributed by atoms with Crippen LogP contribution in [0.1, 0.15) is 59.4 Å². The van der Waals surface area contributed by atoms with Gasteiger partial charge in [-0.05, 0) is 73.5 Å². The number of rotatable bonds is 1. The van der Waals surface area contributed by atoms with Crippen molar-refractivity contribution in [1.82, 2.24) is 5.32 Å². The van der Waals surface area contributed by atoms with Crippen molar-refractivity contribution in [2.75, 3.05) is 0 Å². The third-order valence-corrected chi connectivity index (χ3v) is 11.9. The minimum absolute atomic E-state index is 0.0382. The first-order chi connectivity index (χ1) is 17.9. The Morgan fingerprint density at radius 1 is 1.03 bits per heavy atom. The largest absolute Gasteiger partial charge is 0.486 e. The van der Waals surface area contributed by atoms with E-state index >= 15 is 0 Å². The zero-order valence-electron chi connectivity index (χ0n) is 23.1. The fourth-order valence-corrected chi connectivity index (χ4v) is 10.9. The van der Waals surface area contributed by atoms with Crippen molar-refractivity contribution in [2.24, 2.45) is 52.3 Å². The molecule has 6 heteroatoms. The lowest BCUT2D eigenvalue weighted by Crippen LogP contribution is -2.67. The molecule has 1 spiro atoms. The minimum atomic E-state index is -1.04. The van der Waals surface area contributed by atoms with Gasteiger partial charge in [0, 0.05) is 11.3 Å². The summed E-state index contributed by atoms with van der Waals surface area (Å²) < 4.78 is 13.9. The lowest BCUT2D eigenvalue weighted by molar-refractivity contribution is -0.161. The van der Waals surface area contributed by atoms with Gasteiger partial charge in [0.25, 0.3) is 0 Å². The zero-order valence-corrected chi connectivity index (χ0v) is 23.1. The highest BCUT2D eigenvalue weighted by molar-refractivity contribution is 6.16. The van der Waals surface area contributed by atoms with Crippen LogP contribution in [0.2, 0.25) is 0 Å². The molecule has 2 saturated heterocycles. The Balaban J connectivity index is 1.51. The molecule has 202 valence electrons. The third kappa shape index (κ3) is 2.80. The quantitative estimate of drug-likeness (QED) is 0.257. The van der Waals surface area contributed by atoms with Crippen molar-refractivity contribution in [2.45, 2.75) is 77.6 Å². The number of epoxide rings is 1. The molecule has 3 saturated carbocycles. The minimum Gasteiger partial charge on any atom is -0.486 e. The van der Waals surface area contributed by atoms with Crippen molar-refractivity contribution in [3.63, 3.8) is 0 Å². The number of ether oxygens (including phenoxy) is 2. The van der Waals surface area contributed by atoms with Gasteiger partial charge in [-0.3, -0.25) is 19.7 Å². The highest BCUT2D eigenvalue weighted by atomic mass is 16.6. The molecule has 5 fully saturated rings. The van der Waals surface area contributed by atoms with Crippen LogP contribution in [0, 0.1) is 52.3 Å². The lowest BCUT2D eigenvalue weighted by Gasteiger charge is -2.56. The molecule has 0 radical (unpaired) electrons. The van der Waals surface area contributed by atoms with Gasteiger partial charge < -0.3 is 9.47 Å². The van der Waals surface area contributed by atoms with Crippen LogP contribution in [0.25, 0.3) is 0 Å². The number of Topliss-reactive ketones (excluding diaryl/α,β-unsaturated/α-hetero) is 1. The molecular formula is C32H39NO5. The Bertz CT molecular complexity index is 1270. The van der Waals surface area contributed by atoms with Gasteiger partial charge in [0.1, 0.15) is 22.9 Å². The first-order valence-corrected chi connectivity index (χ1v) is 14.4. The van der Waals surface area contributed by atoms with Crippen LogP contribution >= 0.6 is 0 Å². The molecule has 2 amide bonds. The Hall–Kier alpha value is -2.47. The maximum Gasteiger partial charge on any atom is 0.237 e.